The quantitative estimate of drug-likeness (QED) is 0.567. The lowest BCUT2D eigenvalue weighted by molar-refractivity contribution is -0.155. The second kappa shape index (κ2) is 2.43. The molecule has 4 heteroatoms. The highest BCUT2D eigenvalue weighted by Crippen LogP contribution is 2.34. The summed E-state index contributed by atoms with van der Waals surface area (Å²) in [5.74, 6) is -5.34. The summed E-state index contributed by atoms with van der Waals surface area (Å²) in [7, 11) is 0. The minimum absolute atomic E-state index is 0.0795. The Balaban J connectivity index is 2.80. The number of halogens is 2. The molecule has 1 heterocycles. The fourth-order valence-electron chi connectivity index (χ4n) is 1.14. The van der Waals surface area contributed by atoms with Crippen LogP contribution in [0.5, 0.6) is 0 Å². The topological polar surface area (TPSA) is 29.1 Å². The maximum Gasteiger partial charge on any atom is 0.263 e. The minimum atomic E-state index is -2.84. The highest BCUT2D eigenvalue weighted by atomic mass is 19.3. The van der Waals surface area contributed by atoms with Crippen LogP contribution in [0.25, 0.3) is 0 Å². The van der Waals surface area contributed by atoms with Crippen LogP contribution in [0.3, 0.4) is 0 Å². The maximum absolute atomic E-state index is 13.0. The van der Waals surface area contributed by atoms with E-state index in [1.165, 1.54) is 13.8 Å². The van der Waals surface area contributed by atoms with Gasteiger partial charge in [0.25, 0.3) is 5.92 Å². The standard InChI is InChI=1S/C7H11F2NO/c1-4-3-10-6(11)5(2)7(4,8)9/h4-5H,3H2,1-2H3,(H,10,11). The number of alkyl halides is 2. The molecule has 1 aliphatic heterocycles. The minimum Gasteiger partial charge on any atom is -0.355 e. The van der Waals surface area contributed by atoms with E-state index in [1.807, 2.05) is 0 Å². The van der Waals surface area contributed by atoms with E-state index >= 15 is 0 Å². The molecular formula is C7H11F2NO. The van der Waals surface area contributed by atoms with Crippen LogP contribution in [0.1, 0.15) is 13.8 Å². The first-order valence-electron chi connectivity index (χ1n) is 3.61. The molecule has 1 N–H and O–H groups in total. The summed E-state index contributed by atoms with van der Waals surface area (Å²) in [4.78, 5) is 10.8. The van der Waals surface area contributed by atoms with Gasteiger partial charge in [0, 0.05) is 12.5 Å². The third-order valence-corrected chi connectivity index (χ3v) is 2.21. The van der Waals surface area contributed by atoms with Gasteiger partial charge in [-0.15, -0.1) is 0 Å². The molecule has 11 heavy (non-hydrogen) atoms. The fourth-order valence-corrected chi connectivity index (χ4v) is 1.14. The third-order valence-electron chi connectivity index (χ3n) is 2.21. The van der Waals surface area contributed by atoms with Crippen molar-refractivity contribution < 1.29 is 13.6 Å². The second-order valence-electron chi connectivity index (χ2n) is 3.04. The van der Waals surface area contributed by atoms with E-state index in [1.54, 1.807) is 0 Å². The average Bonchev–Trinajstić information content (AvgIpc) is 1.95. The molecule has 0 bridgehead atoms. The molecule has 2 nitrogen and oxygen atoms in total. The van der Waals surface area contributed by atoms with Gasteiger partial charge < -0.3 is 5.32 Å². The smallest absolute Gasteiger partial charge is 0.263 e. The monoisotopic (exact) mass is 163 g/mol. The van der Waals surface area contributed by atoms with Crippen LogP contribution in [0.4, 0.5) is 8.78 Å². The lowest BCUT2D eigenvalue weighted by Crippen LogP contribution is -2.53. The van der Waals surface area contributed by atoms with E-state index < -0.39 is 23.7 Å². The first kappa shape index (κ1) is 8.43. The Morgan fingerprint density at radius 1 is 1.55 bits per heavy atom. The van der Waals surface area contributed by atoms with Crippen molar-refractivity contribution in [3.63, 3.8) is 0 Å². The van der Waals surface area contributed by atoms with Crippen LogP contribution >= 0.6 is 0 Å². The predicted molar refractivity (Wildman–Crippen MR) is 36.3 cm³/mol. The number of carbonyl (C=O) groups is 1. The molecule has 0 aliphatic carbocycles. The van der Waals surface area contributed by atoms with Crippen LogP contribution in [-0.2, 0) is 4.79 Å². The Kier molecular flexibility index (Phi) is 1.86. The Hall–Kier alpha value is -0.670. The average molecular weight is 163 g/mol. The zero-order chi connectivity index (χ0) is 8.65. The molecule has 1 rings (SSSR count). The summed E-state index contributed by atoms with van der Waals surface area (Å²) in [5.41, 5.74) is 0. The summed E-state index contributed by atoms with van der Waals surface area (Å²) in [6.45, 7) is 2.77. The maximum atomic E-state index is 13.0. The number of hydrogen-bond acceptors (Lipinski definition) is 1. The lowest BCUT2D eigenvalue weighted by Gasteiger charge is -2.33. The normalized spacial score (nSPS) is 36.5. The van der Waals surface area contributed by atoms with Crippen molar-refractivity contribution >= 4 is 5.91 Å². The van der Waals surface area contributed by atoms with Gasteiger partial charge in [-0.3, -0.25) is 4.79 Å². The molecule has 0 aromatic carbocycles. The van der Waals surface area contributed by atoms with Gasteiger partial charge in [-0.05, 0) is 6.92 Å². The van der Waals surface area contributed by atoms with Crippen LogP contribution in [0, 0.1) is 11.8 Å². The zero-order valence-electron chi connectivity index (χ0n) is 6.53. The van der Waals surface area contributed by atoms with Crippen molar-refractivity contribution in [2.24, 2.45) is 11.8 Å². The van der Waals surface area contributed by atoms with Gasteiger partial charge in [0.15, 0.2) is 0 Å². The second-order valence-corrected chi connectivity index (χ2v) is 3.04. The van der Waals surface area contributed by atoms with Gasteiger partial charge in [-0.2, -0.15) is 0 Å². The van der Waals surface area contributed by atoms with Gasteiger partial charge in [-0.25, -0.2) is 8.78 Å². The van der Waals surface area contributed by atoms with E-state index in [0.29, 0.717) is 0 Å². The first-order valence-corrected chi connectivity index (χ1v) is 3.61. The molecule has 0 radical (unpaired) electrons. The van der Waals surface area contributed by atoms with E-state index in [0.717, 1.165) is 0 Å². The zero-order valence-corrected chi connectivity index (χ0v) is 6.53. The van der Waals surface area contributed by atoms with Gasteiger partial charge in [0.1, 0.15) is 0 Å². The van der Waals surface area contributed by atoms with Gasteiger partial charge in [0.05, 0.1) is 5.92 Å². The van der Waals surface area contributed by atoms with Crippen molar-refractivity contribution in [2.75, 3.05) is 6.54 Å². The largest absolute Gasteiger partial charge is 0.355 e. The molecule has 0 saturated carbocycles. The summed E-state index contributed by atoms with van der Waals surface area (Å²) in [6, 6.07) is 0. The van der Waals surface area contributed by atoms with E-state index in [4.69, 9.17) is 0 Å². The van der Waals surface area contributed by atoms with E-state index in [9.17, 15) is 13.6 Å². The number of rotatable bonds is 0. The number of amides is 1. The van der Waals surface area contributed by atoms with Crippen molar-refractivity contribution in [2.45, 2.75) is 19.8 Å². The Morgan fingerprint density at radius 2 is 2.09 bits per heavy atom. The Morgan fingerprint density at radius 3 is 2.55 bits per heavy atom. The van der Waals surface area contributed by atoms with Gasteiger partial charge >= 0.3 is 0 Å². The van der Waals surface area contributed by atoms with Gasteiger partial charge in [-0.1, -0.05) is 6.92 Å². The molecule has 1 amide bonds. The van der Waals surface area contributed by atoms with Crippen LogP contribution in [0.2, 0.25) is 0 Å². The Bertz CT molecular complexity index is 181. The SMILES string of the molecule is CC1CNC(=O)C(C)C1(F)F. The van der Waals surface area contributed by atoms with Crippen molar-refractivity contribution in [1.29, 1.82) is 0 Å². The number of carbonyl (C=O) groups excluding carboxylic acids is 1. The Labute approximate surface area is 64.0 Å². The van der Waals surface area contributed by atoms with E-state index in [-0.39, 0.29) is 6.54 Å². The van der Waals surface area contributed by atoms with Crippen LogP contribution < -0.4 is 5.32 Å². The molecule has 0 spiro atoms. The highest BCUT2D eigenvalue weighted by Gasteiger charge is 2.48. The molecule has 0 aromatic rings. The molecule has 64 valence electrons. The van der Waals surface area contributed by atoms with Crippen molar-refractivity contribution in [3.05, 3.63) is 0 Å². The number of nitrogens with one attached hydrogen (secondary N) is 1. The first-order chi connectivity index (χ1) is 4.96. The molecule has 2 atom stereocenters. The van der Waals surface area contributed by atoms with Gasteiger partial charge in [0.2, 0.25) is 5.91 Å². The number of piperidine rings is 1. The summed E-state index contributed by atoms with van der Waals surface area (Å²) in [6.07, 6.45) is 0. The summed E-state index contributed by atoms with van der Waals surface area (Å²) in [5, 5.41) is 2.42. The molecule has 0 aromatic heterocycles. The lowest BCUT2D eigenvalue weighted by atomic mass is 9.88. The highest BCUT2D eigenvalue weighted by molar-refractivity contribution is 5.80. The van der Waals surface area contributed by atoms with Crippen molar-refractivity contribution in [1.82, 2.24) is 5.32 Å². The van der Waals surface area contributed by atoms with Crippen LogP contribution in [0.15, 0.2) is 0 Å². The summed E-state index contributed by atoms with van der Waals surface area (Å²) < 4.78 is 26.0. The van der Waals surface area contributed by atoms with Crippen LogP contribution in [-0.4, -0.2) is 18.4 Å². The molecule has 1 saturated heterocycles. The molecular weight excluding hydrogens is 152 g/mol. The molecule has 2 unspecified atom stereocenters. The summed E-state index contributed by atoms with van der Waals surface area (Å²) >= 11 is 0. The van der Waals surface area contributed by atoms with E-state index in [2.05, 4.69) is 5.32 Å². The fraction of sp³-hybridized carbons (Fsp3) is 0.857. The molecule has 1 aliphatic rings. The predicted octanol–water partition coefficient (Wildman–Crippen LogP) is 1.02. The van der Waals surface area contributed by atoms with Crippen molar-refractivity contribution in [3.8, 4) is 0 Å². The number of hydrogen-bond donors (Lipinski definition) is 1. The third kappa shape index (κ3) is 1.21. The molecule has 1 fully saturated rings.